The van der Waals surface area contributed by atoms with E-state index < -0.39 is 0 Å². The van der Waals surface area contributed by atoms with Gasteiger partial charge in [0.05, 0.1) is 6.54 Å². The Kier molecular flexibility index (Phi) is 5.09. The van der Waals surface area contributed by atoms with Gasteiger partial charge in [0, 0.05) is 11.5 Å². The molecular weight excluding hydrogens is 374 g/mol. The molecule has 1 aromatic heterocycles. The zero-order valence-corrected chi connectivity index (χ0v) is 15.6. The molecule has 0 bridgehead atoms. The third kappa shape index (κ3) is 4.08. The first-order valence-electron chi connectivity index (χ1n) is 7.78. The van der Waals surface area contributed by atoms with E-state index in [0.717, 1.165) is 14.4 Å². The van der Waals surface area contributed by atoms with Gasteiger partial charge in [-0.05, 0) is 16.3 Å². The van der Waals surface area contributed by atoms with Crippen LogP contribution in [0.1, 0.15) is 5.56 Å². The van der Waals surface area contributed by atoms with Crippen molar-refractivity contribution in [2.75, 3.05) is 12.3 Å². The van der Waals surface area contributed by atoms with Crippen molar-refractivity contribution in [1.29, 1.82) is 0 Å². The lowest BCUT2D eigenvalue weighted by atomic mass is 10.1. The lowest BCUT2D eigenvalue weighted by molar-refractivity contribution is 0.150. The summed E-state index contributed by atoms with van der Waals surface area (Å²) < 4.78 is 6.98. The smallest absolute Gasteiger partial charge is 0.407 e. The Labute approximate surface area is 157 Å². The lowest BCUT2D eigenvalue weighted by Crippen LogP contribution is -2.16. The average molecular weight is 390 g/mol. The number of benzene rings is 2. The number of hydrogen-bond acceptors (Lipinski definition) is 7. The number of amides is 1. The molecule has 5 nitrogen and oxygen atoms in total. The van der Waals surface area contributed by atoms with E-state index in [-0.39, 0.29) is 12.2 Å². The standard InChI is InChI=1S/C17H15N3O2S3/c21-15-18-8-13(22-15)10-24-17-20-19-16(25-17)23-9-12-6-3-5-11-4-1-2-7-14(11)12/h1-7,13H,8-10H2,(H,18,21). The van der Waals surface area contributed by atoms with Gasteiger partial charge >= 0.3 is 6.09 Å². The predicted octanol–water partition coefficient (Wildman–Crippen LogP) is 4.18. The summed E-state index contributed by atoms with van der Waals surface area (Å²) in [6, 6.07) is 14.8. The number of thioether (sulfide) groups is 2. The van der Waals surface area contributed by atoms with Crippen molar-refractivity contribution in [2.45, 2.75) is 20.5 Å². The Morgan fingerprint density at radius 3 is 2.76 bits per heavy atom. The summed E-state index contributed by atoms with van der Waals surface area (Å²) in [5, 5.41) is 13.7. The molecule has 2 aromatic carbocycles. The van der Waals surface area contributed by atoms with Crippen molar-refractivity contribution in [1.82, 2.24) is 15.5 Å². The summed E-state index contributed by atoms with van der Waals surface area (Å²) in [6.45, 7) is 0.563. The van der Waals surface area contributed by atoms with Crippen LogP contribution in [-0.2, 0) is 10.5 Å². The highest BCUT2D eigenvalue weighted by atomic mass is 32.2. The van der Waals surface area contributed by atoms with Crippen molar-refractivity contribution in [3.8, 4) is 0 Å². The molecule has 0 saturated carbocycles. The molecule has 0 aliphatic carbocycles. The van der Waals surface area contributed by atoms with Crippen molar-refractivity contribution in [2.24, 2.45) is 0 Å². The monoisotopic (exact) mass is 389 g/mol. The van der Waals surface area contributed by atoms with Crippen LogP contribution in [0, 0.1) is 0 Å². The molecule has 1 aliphatic rings. The van der Waals surface area contributed by atoms with Crippen LogP contribution in [0.15, 0.2) is 51.1 Å². The summed E-state index contributed by atoms with van der Waals surface area (Å²) in [4.78, 5) is 11.0. The quantitative estimate of drug-likeness (QED) is 0.638. The SMILES string of the molecule is O=C1NCC(CSc2nnc(SCc3cccc4ccccc34)s2)O1. The summed E-state index contributed by atoms with van der Waals surface area (Å²) in [6.07, 6.45) is -0.428. The second-order valence-corrected chi connectivity index (χ2v) is 8.95. The first-order chi connectivity index (χ1) is 12.3. The molecule has 1 saturated heterocycles. The second-order valence-electron chi connectivity index (χ2n) is 5.48. The minimum absolute atomic E-state index is 0.0896. The van der Waals surface area contributed by atoms with Gasteiger partial charge in [-0.3, -0.25) is 0 Å². The number of alkyl carbamates (subject to hydrolysis) is 1. The molecule has 2 heterocycles. The van der Waals surface area contributed by atoms with Crippen LogP contribution in [0.4, 0.5) is 4.79 Å². The normalized spacial score (nSPS) is 16.8. The molecule has 1 atom stereocenters. The predicted molar refractivity (Wildman–Crippen MR) is 102 cm³/mol. The number of aromatic nitrogens is 2. The van der Waals surface area contributed by atoms with Gasteiger partial charge in [-0.1, -0.05) is 77.3 Å². The van der Waals surface area contributed by atoms with Crippen molar-refractivity contribution in [3.05, 3.63) is 48.0 Å². The molecule has 1 N–H and O–H groups in total. The number of ether oxygens (including phenoxy) is 1. The van der Waals surface area contributed by atoms with Crippen LogP contribution >= 0.6 is 34.9 Å². The van der Waals surface area contributed by atoms with E-state index in [0.29, 0.717) is 12.3 Å². The van der Waals surface area contributed by atoms with Crippen LogP contribution in [0.25, 0.3) is 10.8 Å². The van der Waals surface area contributed by atoms with Crippen molar-refractivity contribution < 1.29 is 9.53 Å². The number of hydrogen-bond donors (Lipinski definition) is 1. The number of nitrogens with one attached hydrogen (secondary N) is 1. The van der Waals surface area contributed by atoms with Crippen LogP contribution in [0.5, 0.6) is 0 Å². The van der Waals surface area contributed by atoms with Crippen LogP contribution in [-0.4, -0.2) is 34.7 Å². The third-order valence-electron chi connectivity index (χ3n) is 3.76. The van der Waals surface area contributed by atoms with Crippen LogP contribution in [0.2, 0.25) is 0 Å². The molecule has 1 unspecified atom stereocenters. The Morgan fingerprint density at radius 2 is 1.92 bits per heavy atom. The average Bonchev–Trinajstić information content (AvgIpc) is 3.27. The Hall–Kier alpha value is -1.77. The fourth-order valence-corrected chi connectivity index (χ4v) is 5.60. The molecule has 25 heavy (non-hydrogen) atoms. The molecule has 3 aromatic rings. The third-order valence-corrected chi connectivity index (χ3v) is 7.13. The largest absolute Gasteiger partial charge is 0.443 e. The van der Waals surface area contributed by atoms with E-state index in [4.69, 9.17) is 4.74 Å². The van der Waals surface area contributed by atoms with Gasteiger partial charge in [-0.2, -0.15) is 0 Å². The summed E-state index contributed by atoms with van der Waals surface area (Å²) in [5.41, 5.74) is 1.30. The van der Waals surface area contributed by atoms with E-state index in [1.165, 1.54) is 16.3 Å². The Balaban J connectivity index is 1.35. The highest BCUT2D eigenvalue weighted by Gasteiger charge is 2.23. The second kappa shape index (κ2) is 7.63. The minimum atomic E-state index is -0.339. The Morgan fingerprint density at radius 1 is 1.12 bits per heavy atom. The first kappa shape index (κ1) is 16.7. The fraction of sp³-hybridized carbons (Fsp3) is 0.235. The number of nitrogens with zero attached hydrogens (tertiary/aromatic N) is 2. The van der Waals surface area contributed by atoms with E-state index in [2.05, 4.69) is 58.0 Å². The highest BCUT2D eigenvalue weighted by molar-refractivity contribution is 8.02. The van der Waals surface area contributed by atoms with Crippen molar-refractivity contribution >= 4 is 51.7 Å². The molecule has 4 rings (SSSR count). The topological polar surface area (TPSA) is 64.1 Å². The van der Waals surface area contributed by atoms with E-state index >= 15 is 0 Å². The summed E-state index contributed by atoms with van der Waals surface area (Å²) >= 11 is 4.87. The molecule has 0 radical (unpaired) electrons. The maximum atomic E-state index is 11.0. The molecular formula is C17H15N3O2S3. The zero-order chi connectivity index (χ0) is 17.1. The summed E-state index contributed by atoms with van der Waals surface area (Å²) in [7, 11) is 0. The van der Waals surface area contributed by atoms with Gasteiger partial charge in [0.2, 0.25) is 0 Å². The van der Waals surface area contributed by atoms with E-state index in [1.54, 1.807) is 34.9 Å². The van der Waals surface area contributed by atoms with Gasteiger partial charge in [0.15, 0.2) is 8.68 Å². The first-order valence-corrected chi connectivity index (χ1v) is 10.6. The number of fused-ring (bicyclic) bond motifs is 1. The van der Waals surface area contributed by atoms with Gasteiger partial charge in [-0.15, -0.1) is 10.2 Å². The number of rotatable bonds is 6. The fourth-order valence-electron chi connectivity index (χ4n) is 2.56. The number of carbonyl (C=O) groups excluding carboxylic acids is 1. The molecule has 128 valence electrons. The molecule has 1 amide bonds. The molecule has 1 aliphatic heterocycles. The number of cyclic esters (lactones) is 1. The molecule has 1 fully saturated rings. The van der Waals surface area contributed by atoms with Crippen molar-refractivity contribution in [3.63, 3.8) is 0 Å². The maximum absolute atomic E-state index is 11.0. The van der Waals surface area contributed by atoms with E-state index in [9.17, 15) is 4.79 Å². The highest BCUT2D eigenvalue weighted by Crippen LogP contribution is 2.32. The maximum Gasteiger partial charge on any atom is 0.407 e. The van der Waals surface area contributed by atoms with Crippen LogP contribution < -0.4 is 5.32 Å². The zero-order valence-electron chi connectivity index (χ0n) is 13.2. The van der Waals surface area contributed by atoms with Gasteiger partial charge < -0.3 is 10.1 Å². The number of carbonyl (C=O) groups is 1. The van der Waals surface area contributed by atoms with Gasteiger partial charge in [0.25, 0.3) is 0 Å². The molecule has 8 heteroatoms. The Bertz CT molecular complexity index is 894. The van der Waals surface area contributed by atoms with Gasteiger partial charge in [0.1, 0.15) is 6.10 Å². The minimum Gasteiger partial charge on any atom is -0.443 e. The van der Waals surface area contributed by atoms with E-state index in [1.807, 2.05) is 0 Å². The lowest BCUT2D eigenvalue weighted by Gasteiger charge is -2.04. The summed E-state index contributed by atoms with van der Waals surface area (Å²) in [5.74, 6) is 1.56. The van der Waals surface area contributed by atoms with Gasteiger partial charge in [-0.25, -0.2) is 4.79 Å². The van der Waals surface area contributed by atoms with Crippen LogP contribution in [0.3, 0.4) is 0 Å². The molecule has 0 spiro atoms.